The van der Waals surface area contributed by atoms with Gasteiger partial charge in [0.15, 0.2) is 0 Å². The van der Waals surface area contributed by atoms with Crippen LogP contribution in [0.1, 0.15) is 25.7 Å². The minimum atomic E-state index is -0.139. The molecule has 4 rings (SSSR count). The molecular formula is C17H18N4O. The van der Waals surface area contributed by atoms with Crippen LogP contribution in [0, 0.1) is 0 Å². The van der Waals surface area contributed by atoms with Gasteiger partial charge >= 0.3 is 5.69 Å². The van der Waals surface area contributed by atoms with Crippen molar-refractivity contribution < 1.29 is 0 Å². The summed E-state index contributed by atoms with van der Waals surface area (Å²) in [6.07, 6.45) is 6.76. The Morgan fingerprint density at radius 2 is 1.95 bits per heavy atom. The number of benzene rings is 1. The first-order chi connectivity index (χ1) is 10.8. The predicted octanol–water partition coefficient (Wildman–Crippen LogP) is 3.07. The Hall–Kier alpha value is -2.56. The van der Waals surface area contributed by atoms with Crippen molar-refractivity contribution in [3.63, 3.8) is 0 Å². The van der Waals surface area contributed by atoms with Crippen LogP contribution in [0.4, 0.5) is 5.82 Å². The highest BCUT2D eigenvalue weighted by Gasteiger charge is 2.15. The Balaban J connectivity index is 1.67. The SMILES string of the molecule is O=c1[nH]c2ccccc2n1-c1ccc(NC2CCCC2)nc1. The summed E-state index contributed by atoms with van der Waals surface area (Å²) in [6, 6.07) is 12.1. The second-order valence-corrected chi connectivity index (χ2v) is 5.81. The Kier molecular flexibility index (Phi) is 3.18. The number of imidazole rings is 1. The average Bonchev–Trinajstić information content (AvgIpc) is 3.15. The number of hydrogen-bond acceptors (Lipinski definition) is 3. The van der Waals surface area contributed by atoms with Gasteiger partial charge in [-0.3, -0.25) is 4.57 Å². The van der Waals surface area contributed by atoms with E-state index in [0.29, 0.717) is 6.04 Å². The maximum absolute atomic E-state index is 12.2. The van der Waals surface area contributed by atoms with Crippen LogP contribution < -0.4 is 11.0 Å². The molecule has 1 aliphatic carbocycles. The van der Waals surface area contributed by atoms with E-state index in [4.69, 9.17) is 0 Å². The van der Waals surface area contributed by atoms with Gasteiger partial charge in [0.2, 0.25) is 0 Å². The van der Waals surface area contributed by atoms with E-state index in [0.717, 1.165) is 22.5 Å². The highest BCUT2D eigenvalue weighted by molar-refractivity contribution is 5.77. The molecule has 0 unspecified atom stereocenters. The molecular weight excluding hydrogens is 276 g/mol. The van der Waals surface area contributed by atoms with Crippen molar-refractivity contribution >= 4 is 16.9 Å². The minimum Gasteiger partial charge on any atom is -0.367 e. The lowest BCUT2D eigenvalue weighted by molar-refractivity contribution is 0.750. The predicted molar refractivity (Wildman–Crippen MR) is 87.6 cm³/mol. The summed E-state index contributed by atoms with van der Waals surface area (Å²) in [7, 11) is 0. The number of fused-ring (bicyclic) bond motifs is 1. The van der Waals surface area contributed by atoms with Crippen molar-refractivity contribution in [3.8, 4) is 5.69 Å². The van der Waals surface area contributed by atoms with Crippen molar-refractivity contribution in [3.05, 3.63) is 53.1 Å². The number of nitrogens with one attached hydrogen (secondary N) is 2. The largest absolute Gasteiger partial charge is 0.367 e. The number of H-pyrrole nitrogens is 1. The van der Waals surface area contributed by atoms with Gasteiger partial charge in [-0.15, -0.1) is 0 Å². The van der Waals surface area contributed by atoms with Crippen LogP contribution in [0.5, 0.6) is 0 Å². The van der Waals surface area contributed by atoms with Crippen molar-refractivity contribution in [2.45, 2.75) is 31.7 Å². The third-order valence-corrected chi connectivity index (χ3v) is 4.30. The topological polar surface area (TPSA) is 62.7 Å². The van der Waals surface area contributed by atoms with Gasteiger partial charge in [-0.05, 0) is 37.1 Å². The van der Waals surface area contributed by atoms with Gasteiger partial charge in [0.05, 0.1) is 22.9 Å². The number of aromatic amines is 1. The molecule has 0 aliphatic heterocycles. The molecule has 0 spiro atoms. The zero-order valence-corrected chi connectivity index (χ0v) is 12.2. The molecule has 0 bridgehead atoms. The zero-order chi connectivity index (χ0) is 14.9. The number of nitrogens with zero attached hydrogens (tertiary/aromatic N) is 2. The smallest absolute Gasteiger partial charge is 0.331 e. The van der Waals surface area contributed by atoms with Gasteiger partial charge in [0.25, 0.3) is 0 Å². The number of pyridine rings is 1. The lowest BCUT2D eigenvalue weighted by Crippen LogP contribution is -2.17. The maximum atomic E-state index is 12.2. The molecule has 0 atom stereocenters. The van der Waals surface area contributed by atoms with E-state index in [9.17, 15) is 4.79 Å². The number of anilines is 1. The molecule has 1 aromatic carbocycles. The third kappa shape index (κ3) is 2.28. The molecule has 0 saturated heterocycles. The standard InChI is InChI=1S/C17H18N4O/c22-17-20-14-7-3-4-8-15(14)21(17)13-9-10-16(18-11-13)19-12-5-1-2-6-12/h3-4,7-12H,1-2,5-6H2,(H,18,19)(H,20,22). The van der Waals surface area contributed by atoms with Crippen LogP contribution in [0.25, 0.3) is 16.7 Å². The molecule has 2 heterocycles. The lowest BCUT2D eigenvalue weighted by Gasteiger charge is -2.12. The minimum absolute atomic E-state index is 0.139. The highest BCUT2D eigenvalue weighted by atomic mass is 16.1. The molecule has 1 fully saturated rings. The van der Waals surface area contributed by atoms with Crippen LogP contribution >= 0.6 is 0 Å². The number of rotatable bonds is 3. The summed E-state index contributed by atoms with van der Waals surface area (Å²) in [5.41, 5.74) is 2.34. The second kappa shape index (κ2) is 5.33. The van der Waals surface area contributed by atoms with Crippen molar-refractivity contribution in [2.75, 3.05) is 5.32 Å². The van der Waals surface area contributed by atoms with Crippen molar-refractivity contribution in [1.29, 1.82) is 0 Å². The fourth-order valence-electron chi connectivity index (χ4n) is 3.19. The monoisotopic (exact) mass is 294 g/mol. The first-order valence-corrected chi connectivity index (χ1v) is 7.74. The first kappa shape index (κ1) is 13.1. The Bertz CT molecular complexity index is 841. The lowest BCUT2D eigenvalue weighted by atomic mass is 10.2. The van der Waals surface area contributed by atoms with Crippen LogP contribution in [-0.2, 0) is 0 Å². The molecule has 1 aliphatic rings. The van der Waals surface area contributed by atoms with Crippen molar-refractivity contribution in [1.82, 2.24) is 14.5 Å². The number of hydrogen-bond donors (Lipinski definition) is 2. The van der Waals surface area contributed by atoms with Gasteiger partial charge in [-0.25, -0.2) is 9.78 Å². The van der Waals surface area contributed by atoms with Crippen LogP contribution in [0.3, 0.4) is 0 Å². The molecule has 2 N–H and O–H groups in total. The molecule has 22 heavy (non-hydrogen) atoms. The Morgan fingerprint density at radius 3 is 2.73 bits per heavy atom. The molecule has 0 amide bonds. The van der Waals surface area contributed by atoms with E-state index in [1.54, 1.807) is 10.8 Å². The number of aromatic nitrogens is 3. The fraction of sp³-hybridized carbons (Fsp3) is 0.294. The van der Waals surface area contributed by atoms with Gasteiger partial charge in [-0.2, -0.15) is 0 Å². The Morgan fingerprint density at radius 1 is 1.14 bits per heavy atom. The quantitative estimate of drug-likeness (QED) is 0.780. The molecule has 5 nitrogen and oxygen atoms in total. The molecule has 5 heteroatoms. The van der Waals surface area contributed by atoms with Crippen molar-refractivity contribution in [2.24, 2.45) is 0 Å². The third-order valence-electron chi connectivity index (χ3n) is 4.30. The normalized spacial score (nSPS) is 15.5. The molecule has 3 aromatic rings. The summed E-state index contributed by atoms with van der Waals surface area (Å²) < 4.78 is 1.65. The van der Waals surface area contributed by atoms with E-state index in [-0.39, 0.29) is 5.69 Å². The van der Waals surface area contributed by atoms with E-state index >= 15 is 0 Å². The van der Waals surface area contributed by atoms with Gasteiger partial charge in [0, 0.05) is 6.04 Å². The average molecular weight is 294 g/mol. The molecule has 1 saturated carbocycles. The van der Waals surface area contributed by atoms with Crippen LogP contribution in [0.15, 0.2) is 47.4 Å². The fourth-order valence-corrected chi connectivity index (χ4v) is 3.19. The van der Waals surface area contributed by atoms with E-state index in [2.05, 4.69) is 15.3 Å². The highest BCUT2D eigenvalue weighted by Crippen LogP contribution is 2.22. The summed E-state index contributed by atoms with van der Waals surface area (Å²) in [4.78, 5) is 19.5. The zero-order valence-electron chi connectivity index (χ0n) is 12.2. The second-order valence-electron chi connectivity index (χ2n) is 5.81. The summed E-state index contributed by atoms with van der Waals surface area (Å²) in [6.45, 7) is 0. The molecule has 112 valence electrons. The molecule has 0 radical (unpaired) electrons. The summed E-state index contributed by atoms with van der Waals surface area (Å²) in [5, 5.41) is 3.46. The van der Waals surface area contributed by atoms with Gasteiger partial charge in [0.1, 0.15) is 5.82 Å². The van der Waals surface area contributed by atoms with E-state index in [1.807, 2.05) is 36.4 Å². The van der Waals surface area contributed by atoms with Crippen LogP contribution in [-0.4, -0.2) is 20.6 Å². The van der Waals surface area contributed by atoms with Crippen LogP contribution in [0.2, 0.25) is 0 Å². The van der Waals surface area contributed by atoms with E-state index < -0.39 is 0 Å². The first-order valence-electron chi connectivity index (χ1n) is 7.74. The summed E-state index contributed by atoms with van der Waals surface area (Å²) in [5.74, 6) is 0.878. The van der Waals surface area contributed by atoms with Gasteiger partial charge in [-0.1, -0.05) is 25.0 Å². The number of para-hydroxylation sites is 2. The summed E-state index contributed by atoms with van der Waals surface area (Å²) >= 11 is 0. The van der Waals surface area contributed by atoms with Gasteiger partial charge < -0.3 is 10.3 Å². The Labute approximate surface area is 128 Å². The van der Waals surface area contributed by atoms with E-state index in [1.165, 1.54) is 25.7 Å². The maximum Gasteiger partial charge on any atom is 0.331 e. The molecule has 2 aromatic heterocycles.